The van der Waals surface area contributed by atoms with E-state index >= 15 is 0 Å². The third-order valence-corrected chi connectivity index (χ3v) is 1.08. The maximum Gasteiger partial charge on any atom is 0.292 e. The Morgan fingerprint density at radius 1 is 2.00 bits per heavy atom. The van der Waals surface area contributed by atoms with Crippen molar-refractivity contribution in [2.24, 2.45) is 0 Å². The molecule has 0 aliphatic heterocycles. The van der Waals surface area contributed by atoms with Gasteiger partial charge in [0.15, 0.2) is 0 Å². The Hall–Kier alpha value is 1.18. The van der Waals surface area contributed by atoms with Gasteiger partial charge in [0.25, 0.3) is 4.70 Å². The summed E-state index contributed by atoms with van der Waals surface area (Å²) in [6, 6.07) is 0. The number of nitrogens with one attached hydrogen (secondary N) is 1. The zero-order chi connectivity index (χ0) is 4.99. The lowest BCUT2D eigenvalue weighted by Crippen LogP contribution is -2.21. The van der Waals surface area contributed by atoms with Gasteiger partial charge in [0, 0.05) is 6.29 Å². The van der Waals surface area contributed by atoms with Crippen molar-refractivity contribution in [3.05, 3.63) is 0 Å². The summed E-state index contributed by atoms with van der Waals surface area (Å²) >= 11 is 2.32. The molecule has 1 atom stereocenters. The molecule has 0 fully saturated rings. The molecule has 1 nitrogen and oxygen atoms in total. The molecule has 0 rings (SSSR count). The standard InChI is InChI=1S/C2H8BINP/c1-3(4)5-2-6/h5H,2,6H2,1H3. The van der Waals surface area contributed by atoms with Crippen molar-refractivity contribution in [2.45, 2.75) is 6.82 Å². The van der Waals surface area contributed by atoms with E-state index in [-0.39, 0.29) is 0 Å². The van der Waals surface area contributed by atoms with Crippen LogP contribution in [0.4, 0.5) is 0 Å². The summed E-state index contributed by atoms with van der Waals surface area (Å²) in [4.78, 5) is 0. The van der Waals surface area contributed by atoms with Crippen LogP contribution in [-0.4, -0.2) is 11.0 Å². The summed E-state index contributed by atoms with van der Waals surface area (Å²) in [5, 5.41) is 3.16. The molecule has 0 saturated heterocycles. The van der Waals surface area contributed by atoms with Crippen molar-refractivity contribution in [3.63, 3.8) is 0 Å². The fraction of sp³-hybridized carbons (Fsp3) is 1.00. The summed E-state index contributed by atoms with van der Waals surface area (Å²) in [6.07, 6.45) is 0.990. The van der Waals surface area contributed by atoms with Gasteiger partial charge in [0.1, 0.15) is 0 Å². The predicted octanol–water partition coefficient (Wildman–Crippen LogP) is 0.962. The summed E-state index contributed by atoms with van der Waals surface area (Å²) in [6.45, 7) is 2.12. The van der Waals surface area contributed by atoms with E-state index < -0.39 is 0 Å². The quantitative estimate of drug-likeness (QED) is 0.410. The molecule has 0 heterocycles. The van der Waals surface area contributed by atoms with Gasteiger partial charge < -0.3 is 5.23 Å². The summed E-state index contributed by atoms with van der Waals surface area (Å²) < 4.78 is 0.597. The Bertz CT molecular complexity index is 34.7. The molecular weight excluding hydrogens is 207 g/mol. The van der Waals surface area contributed by atoms with E-state index in [0.717, 1.165) is 6.29 Å². The third kappa shape index (κ3) is 5.18. The Kier molecular flexibility index (Phi) is 5.21. The van der Waals surface area contributed by atoms with Gasteiger partial charge >= 0.3 is 0 Å². The Balaban J connectivity index is 2.63. The van der Waals surface area contributed by atoms with Gasteiger partial charge in [0.2, 0.25) is 0 Å². The highest BCUT2D eigenvalue weighted by molar-refractivity contribution is 14.1. The molecule has 1 unspecified atom stereocenters. The highest BCUT2D eigenvalue weighted by Gasteiger charge is 1.92. The van der Waals surface area contributed by atoms with Crippen LogP contribution in [0.3, 0.4) is 0 Å². The summed E-state index contributed by atoms with van der Waals surface area (Å²) in [5.74, 6) is 0. The first-order chi connectivity index (χ1) is 2.77. The van der Waals surface area contributed by atoms with Crippen LogP contribution in [0.2, 0.25) is 6.82 Å². The molecule has 0 spiro atoms. The average Bonchev–Trinajstić information content (AvgIpc) is 1.35. The fourth-order valence-corrected chi connectivity index (χ4v) is 1.25. The van der Waals surface area contributed by atoms with Gasteiger partial charge in [-0.1, -0.05) is 6.82 Å². The molecule has 0 bridgehead atoms. The molecule has 0 aliphatic carbocycles. The van der Waals surface area contributed by atoms with Crippen LogP contribution in [0.25, 0.3) is 0 Å². The number of halogens is 1. The zero-order valence-electron chi connectivity index (χ0n) is 3.74. The van der Waals surface area contributed by atoms with E-state index in [1.54, 1.807) is 0 Å². The van der Waals surface area contributed by atoms with Crippen molar-refractivity contribution in [3.8, 4) is 0 Å². The summed E-state index contributed by atoms with van der Waals surface area (Å²) in [5.41, 5.74) is 0. The summed E-state index contributed by atoms with van der Waals surface area (Å²) in [7, 11) is 2.61. The van der Waals surface area contributed by atoms with Gasteiger partial charge in [-0.25, -0.2) is 0 Å². The van der Waals surface area contributed by atoms with Gasteiger partial charge in [-0.15, -0.1) is 31.6 Å². The lowest BCUT2D eigenvalue weighted by Gasteiger charge is -1.94. The van der Waals surface area contributed by atoms with Crippen LogP contribution >= 0.6 is 31.6 Å². The minimum atomic E-state index is 0.597. The highest BCUT2D eigenvalue weighted by atomic mass is 127. The largest absolute Gasteiger partial charge is 0.344 e. The highest BCUT2D eigenvalue weighted by Crippen LogP contribution is 1.87. The molecule has 0 radical (unpaired) electrons. The third-order valence-electron chi connectivity index (χ3n) is 0.399. The molecular formula is C2H8BINP. The first kappa shape index (κ1) is 7.18. The van der Waals surface area contributed by atoms with Gasteiger partial charge in [-0.3, -0.25) is 0 Å². The molecule has 0 aromatic heterocycles. The molecule has 0 aliphatic rings. The van der Waals surface area contributed by atoms with Crippen molar-refractivity contribution < 1.29 is 0 Å². The number of hydrogen-bond acceptors (Lipinski definition) is 1. The smallest absolute Gasteiger partial charge is 0.292 e. The molecule has 6 heavy (non-hydrogen) atoms. The van der Waals surface area contributed by atoms with Gasteiger partial charge in [-0.05, 0) is 0 Å². The SMILES string of the molecule is CB(I)NCP. The van der Waals surface area contributed by atoms with Crippen LogP contribution < -0.4 is 5.23 Å². The van der Waals surface area contributed by atoms with E-state index in [2.05, 4.69) is 43.7 Å². The first-order valence-electron chi connectivity index (χ1n) is 1.85. The molecule has 0 saturated carbocycles. The lowest BCUT2D eigenvalue weighted by molar-refractivity contribution is 1.19. The van der Waals surface area contributed by atoms with Crippen LogP contribution in [0, 0.1) is 0 Å². The topological polar surface area (TPSA) is 12.0 Å². The molecule has 36 valence electrons. The first-order valence-corrected chi connectivity index (χ1v) is 3.91. The van der Waals surface area contributed by atoms with Crippen LogP contribution in [0.15, 0.2) is 0 Å². The Labute approximate surface area is 54.8 Å². The molecule has 0 aromatic rings. The predicted molar refractivity (Wildman–Crippen MR) is 43.4 cm³/mol. The normalized spacial score (nSPS) is 8.50. The van der Waals surface area contributed by atoms with Crippen LogP contribution in [0.5, 0.6) is 0 Å². The van der Waals surface area contributed by atoms with E-state index in [1.165, 1.54) is 0 Å². The lowest BCUT2D eigenvalue weighted by atomic mass is 10.0. The second kappa shape index (κ2) is 4.35. The van der Waals surface area contributed by atoms with Crippen molar-refractivity contribution in [2.75, 3.05) is 6.29 Å². The molecule has 0 aromatic carbocycles. The monoisotopic (exact) mass is 215 g/mol. The second-order valence-corrected chi connectivity index (χ2v) is 3.30. The molecule has 0 amide bonds. The van der Waals surface area contributed by atoms with E-state index in [1.807, 2.05) is 0 Å². The number of rotatable bonds is 2. The average molecular weight is 215 g/mol. The van der Waals surface area contributed by atoms with Crippen molar-refractivity contribution >= 4 is 36.3 Å². The van der Waals surface area contributed by atoms with Gasteiger partial charge in [-0.2, -0.15) is 0 Å². The fourth-order valence-electron chi connectivity index (χ4n) is 0.162. The van der Waals surface area contributed by atoms with E-state index in [4.69, 9.17) is 0 Å². The van der Waals surface area contributed by atoms with E-state index in [0.29, 0.717) is 4.70 Å². The maximum atomic E-state index is 3.16. The minimum absolute atomic E-state index is 0.597. The van der Waals surface area contributed by atoms with Crippen molar-refractivity contribution in [1.29, 1.82) is 0 Å². The van der Waals surface area contributed by atoms with E-state index in [9.17, 15) is 0 Å². The molecule has 4 heteroatoms. The van der Waals surface area contributed by atoms with Gasteiger partial charge in [0.05, 0.1) is 0 Å². The minimum Gasteiger partial charge on any atom is -0.344 e. The van der Waals surface area contributed by atoms with Crippen LogP contribution in [0.1, 0.15) is 0 Å². The Morgan fingerprint density at radius 2 is 2.50 bits per heavy atom. The van der Waals surface area contributed by atoms with Crippen LogP contribution in [-0.2, 0) is 0 Å². The maximum absolute atomic E-state index is 3.16. The zero-order valence-corrected chi connectivity index (χ0v) is 7.05. The second-order valence-electron chi connectivity index (χ2n) is 1.02. The number of hydrogen-bond donors (Lipinski definition) is 1. The molecule has 1 N–H and O–H groups in total. The van der Waals surface area contributed by atoms with Crippen molar-refractivity contribution in [1.82, 2.24) is 5.23 Å². The Morgan fingerprint density at radius 3 is 2.50 bits per heavy atom.